The Labute approximate surface area is 183 Å². The molecule has 3 aromatic carbocycles. The van der Waals surface area contributed by atoms with E-state index in [4.69, 9.17) is 21.0 Å². The Kier molecular flexibility index (Phi) is 4.02. The molecule has 0 saturated heterocycles. The maximum Gasteiger partial charge on any atom is 0.346 e. The van der Waals surface area contributed by atoms with E-state index in [1.807, 2.05) is 12.1 Å². The third-order valence-electron chi connectivity index (χ3n) is 6.16. The van der Waals surface area contributed by atoms with Crippen LogP contribution >= 0.6 is 11.6 Å². The van der Waals surface area contributed by atoms with Crippen molar-refractivity contribution in [2.24, 2.45) is 0 Å². The van der Waals surface area contributed by atoms with Crippen LogP contribution in [0.1, 0.15) is 16.7 Å². The summed E-state index contributed by atoms with van der Waals surface area (Å²) in [5.41, 5.74) is 8.31. The lowest BCUT2D eigenvalue weighted by molar-refractivity contribution is 0.569. The number of aryl methyl sites for hydroxylation is 2. The minimum atomic E-state index is -0.366. The number of hydrogen-bond donors (Lipinski definition) is 0. The van der Waals surface area contributed by atoms with Gasteiger partial charge in [-0.15, -0.1) is 0 Å². The number of nitrogens with zero attached hydrogens (tertiary/aromatic N) is 1. The highest BCUT2D eigenvalue weighted by atomic mass is 35.5. The van der Waals surface area contributed by atoms with E-state index in [0.29, 0.717) is 21.5 Å². The Morgan fingerprint density at radius 1 is 0.968 bits per heavy atom. The SMILES string of the molecule is Cc1ccc(-c2c3c(nc4c2c(=O)oc2ccc(Cl)cc24)-c2ccccc2CC3)cc1. The zero-order valence-electron chi connectivity index (χ0n) is 16.9. The van der Waals surface area contributed by atoms with Gasteiger partial charge in [0, 0.05) is 21.5 Å². The van der Waals surface area contributed by atoms with E-state index < -0.39 is 0 Å². The second-order valence-corrected chi connectivity index (χ2v) is 8.53. The van der Waals surface area contributed by atoms with Gasteiger partial charge in [0.05, 0.1) is 16.6 Å². The zero-order chi connectivity index (χ0) is 21.1. The maximum absolute atomic E-state index is 13.2. The first-order chi connectivity index (χ1) is 15.1. The Hall–Kier alpha value is -3.43. The summed E-state index contributed by atoms with van der Waals surface area (Å²) in [6.07, 6.45) is 1.74. The minimum absolute atomic E-state index is 0.366. The molecule has 150 valence electrons. The molecule has 5 aromatic rings. The number of pyridine rings is 1. The highest BCUT2D eigenvalue weighted by Gasteiger charge is 2.26. The van der Waals surface area contributed by atoms with Crippen LogP contribution in [0.3, 0.4) is 0 Å². The van der Waals surface area contributed by atoms with E-state index >= 15 is 0 Å². The molecule has 0 fully saturated rings. The summed E-state index contributed by atoms with van der Waals surface area (Å²) in [4.78, 5) is 18.3. The van der Waals surface area contributed by atoms with Crippen LogP contribution in [-0.4, -0.2) is 4.98 Å². The highest BCUT2D eigenvalue weighted by molar-refractivity contribution is 6.31. The van der Waals surface area contributed by atoms with Gasteiger partial charge in [-0.05, 0) is 54.7 Å². The molecule has 31 heavy (non-hydrogen) atoms. The first-order valence-electron chi connectivity index (χ1n) is 10.3. The Bertz CT molecular complexity index is 1570. The third kappa shape index (κ3) is 2.81. The molecule has 0 radical (unpaired) electrons. The van der Waals surface area contributed by atoms with Crippen molar-refractivity contribution in [3.63, 3.8) is 0 Å². The van der Waals surface area contributed by atoms with E-state index in [9.17, 15) is 4.79 Å². The fourth-order valence-corrected chi connectivity index (χ4v) is 4.85. The van der Waals surface area contributed by atoms with Crippen LogP contribution in [0, 0.1) is 6.92 Å². The van der Waals surface area contributed by atoms with Crippen LogP contribution < -0.4 is 5.63 Å². The molecule has 1 aliphatic carbocycles. The smallest absolute Gasteiger partial charge is 0.346 e. The van der Waals surface area contributed by atoms with Crippen molar-refractivity contribution in [2.75, 3.05) is 0 Å². The largest absolute Gasteiger partial charge is 0.422 e. The third-order valence-corrected chi connectivity index (χ3v) is 6.39. The van der Waals surface area contributed by atoms with Crippen molar-refractivity contribution in [1.29, 1.82) is 0 Å². The molecule has 0 N–H and O–H groups in total. The number of aromatic nitrogens is 1. The molecule has 0 saturated carbocycles. The molecule has 0 atom stereocenters. The van der Waals surface area contributed by atoms with Crippen LogP contribution in [0.15, 0.2) is 75.9 Å². The molecule has 0 amide bonds. The molecular weight excluding hydrogens is 406 g/mol. The average molecular weight is 424 g/mol. The number of rotatable bonds is 1. The summed E-state index contributed by atoms with van der Waals surface area (Å²) >= 11 is 6.31. The maximum atomic E-state index is 13.2. The van der Waals surface area contributed by atoms with Crippen molar-refractivity contribution >= 4 is 33.5 Å². The van der Waals surface area contributed by atoms with E-state index in [0.717, 1.165) is 46.2 Å². The molecule has 3 nitrogen and oxygen atoms in total. The number of hydrogen-bond acceptors (Lipinski definition) is 3. The molecular formula is C27H18ClNO2. The van der Waals surface area contributed by atoms with Crippen LogP contribution in [0.25, 0.3) is 44.3 Å². The topological polar surface area (TPSA) is 43.1 Å². The van der Waals surface area contributed by atoms with E-state index in [1.54, 1.807) is 12.1 Å². The number of benzene rings is 3. The molecule has 1 aliphatic rings. The van der Waals surface area contributed by atoms with Crippen LogP contribution in [0.5, 0.6) is 0 Å². The predicted molar refractivity (Wildman–Crippen MR) is 126 cm³/mol. The molecule has 0 bridgehead atoms. The second-order valence-electron chi connectivity index (χ2n) is 8.09. The number of halogens is 1. The van der Waals surface area contributed by atoms with Crippen LogP contribution in [0.2, 0.25) is 5.02 Å². The summed E-state index contributed by atoms with van der Waals surface area (Å²) < 4.78 is 5.72. The van der Waals surface area contributed by atoms with E-state index in [1.165, 1.54) is 11.1 Å². The van der Waals surface area contributed by atoms with Crippen LogP contribution in [0.4, 0.5) is 0 Å². The van der Waals surface area contributed by atoms with Gasteiger partial charge in [0.1, 0.15) is 5.58 Å². The Balaban J connectivity index is 1.85. The molecule has 6 rings (SSSR count). The lowest BCUT2D eigenvalue weighted by Gasteiger charge is -2.23. The van der Waals surface area contributed by atoms with Crippen LogP contribution in [-0.2, 0) is 12.8 Å². The summed E-state index contributed by atoms with van der Waals surface area (Å²) in [6, 6.07) is 22.0. The summed E-state index contributed by atoms with van der Waals surface area (Å²) in [5.74, 6) is 0. The quantitative estimate of drug-likeness (QED) is 0.221. The molecule has 2 heterocycles. The normalized spacial score (nSPS) is 12.7. The standard InChI is InChI=1S/C27H18ClNO2/c1-15-6-8-17(9-7-15)23-20-12-10-16-4-2-3-5-19(16)25(20)29-26-21-14-18(28)11-13-22(21)31-27(30)24(23)26/h2-9,11,13-14H,10,12H2,1H3. The van der Waals surface area contributed by atoms with E-state index in [2.05, 4.69) is 49.4 Å². The predicted octanol–water partition coefficient (Wildman–Crippen LogP) is 6.74. The van der Waals surface area contributed by atoms with Gasteiger partial charge < -0.3 is 4.42 Å². The fourth-order valence-electron chi connectivity index (χ4n) is 4.68. The van der Waals surface area contributed by atoms with Gasteiger partial charge in [-0.2, -0.15) is 0 Å². The first-order valence-corrected chi connectivity index (χ1v) is 10.7. The number of fused-ring (bicyclic) bond motifs is 6. The molecule has 2 aromatic heterocycles. The lowest BCUT2D eigenvalue weighted by Crippen LogP contribution is -2.12. The van der Waals surface area contributed by atoms with Gasteiger partial charge in [0.2, 0.25) is 0 Å². The minimum Gasteiger partial charge on any atom is -0.422 e. The van der Waals surface area contributed by atoms with Gasteiger partial charge >= 0.3 is 5.63 Å². The highest BCUT2D eigenvalue weighted by Crippen LogP contribution is 2.42. The summed E-state index contributed by atoms with van der Waals surface area (Å²) in [7, 11) is 0. The van der Waals surface area contributed by atoms with Gasteiger partial charge in [-0.25, -0.2) is 9.78 Å². The average Bonchev–Trinajstić information content (AvgIpc) is 2.79. The Morgan fingerprint density at radius 3 is 2.61 bits per heavy atom. The van der Waals surface area contributed by atoms with Crippen molar-refractivity contribution in [3.8, 4) is 22.4 Å². The zero-order valence-corrected chi connectivity index (χ0v) is 17.7. The monoisotopic (exact) mass is 423 g/mol. The molecule has 0 aliphatic heterocycles. The Morgan fingerprint density at radius 2 is 1.77 bits per heavy atom. The summed E-state index contributed by atoms with van der Waals surface area (Å²) in [5, 5.41) is 1.86. The van der Waals surface area contributed by atoms with E-state index in [-0.39, 0.29) is 5.63 Å². The summed E-state index contributed by atoms with van der Waals surface area (Å²) in [6.45, 7) is 2.06. The van der Waals surface area contributed by atoms with Crippen molar-refractivity contribution in [2.45, 2.75) is 19.8 Å². The van der Waals surface area contributed by atoms with Gasteiger partial charge in [0.25, 0.3) is 0 Å². The second kappa shape index (κ2) is 6.79. The molecule has 0 unspecified atom stereocenters. The van der Waals surface area contributed by atoms with Crippen molar-refractivity contribution in [3.05, 3.63) is 98.9 Å². The molecule has 0 spiro atoms. The van der Waals surface area contributed by atoms with Crippen molar-refractivity contribution in [1.82, 2.24) is 4.98 Å². The first kappa shape index (κ1) is 18.3. The van der Waals surface area contributed by atoms with Gasteiger partial charge in [0.15, 0.2) is 0 Å². The fraction of sp³-hybridized carbons (Fsp3) is 0.111. The van der Waals surface area contributed by atoms with Gasteiger partial charge in [-0.1, -0.05) is 65.7 Å². The van der Waals surface area contributed by atoms with Crippen molar-refractivity contribution < 1.29 is 4.42 Å². The lowest BCUT2D eigenvalue weighted by atomic mass is 9.83. The van der Waals surface area contributed by atoms with Gasteiger partial charge in [-0.3, -0.25) is 0 Å². The molecule has 4 heteroatoms.